The molecule has 2 fully saturated rings. The Labute approximate surface area is 109 Å². The van der Waals surface area contributed by atoms with Gasteiger partial charge in [-0.15, -0.1) is 0 Å². The quantitative estimate of drug-likeness (QED) is 0.838. The molecule has 17 heavy (non-hydrogen) atoms. The summed E-state index contributed by atoms with van der Waals surface area (Å²) < 4.78 is 0. The van der Waals surface area contributed by atoms with Gasteiger partial charge in [-0.05, 0) is 38.8 Å². The molecule has 98 valence electrons. The average molecular weight is 255 g/mol. The summed E-state index contributed by atoms with van der Waals surface area (Å²) in [5.41, 5.74) is 0. The fourth-order valence-corrected chi connectivity index (χ4v) is 3.87. The van der Waals surface area contributed by atoms with Crippen molar-refractivity contribution in [3.8, 4) is 0 Å². The first-order valence-corrected chi connectivity index (χ1v) is 7.75. The monoisotopic (exact) mass is 255 g/mol. The van der Waals surface area contributed by atoms with Gasteiger partial charge in [-0.1, -0.05) is 25.6 Å². The summed E-state index contributed by atoms with van der Waals surface area (Å²) >= 11 is 1.91. The molecule has 4 heteroatoms. The molecule has 2 aliphatic rings. The summed E-state index contributed by atoms with van der Waals surface area (Å²) in [7, 11) is 0. The molecule has 0 amide bonds. The summed E-state index contributed by atoms with van der Waals surface area (Å²) in [5.74, 6) is 0.775. The van der Waals surface area contributed by atoms with Crippen LogP contribution in [0, 0.1) is 5.92 Å². The Kier molecular flexibility index (Phi) is 4.74. The van der Waals surface area contributed by atoms with Gasteiger partial charge in [0, 0.05) is 24.4 Å². The number of amidine groups is 1. The van der Waals surface area contributed by atoms with Gasteiger partial charge >= 0.3 is 0 Å². The molecule has 2 rings (SSSR count). The molecule has 3 unspecified atom stereocenters. The molecule has 3 atom stereocenters. The SMILES string of the molecule is CCN1CCC(CN=C2NC(C)CC(C)S2)C1. The molecule has 0 saturated carbocycles. The average Bonchev–Trinajstić information content (AvgIpc) is 2.73. The van der Waals surface area contributed by atoms with E-state index < -0.39 is 0 Å². The van der Waals surface area contributed by atoms with Crippen molar-refractivity contribution in [1.82, 2.24) is 10.2 Å². The first-order chi connectivity index (χ1) is 8.17. The van der Waals surface area contributed by atoms with Crippen LogP contribution in [0.1, 0.15) is 33.6 Å². The Morgan fingerprint density at radius 2 is 2.29 bits per heavy atom. The predicted octanol–water partition coefficient (Wildman–Crippen LogP) is 2.19. The van der Waals surface area contributed by atoms with Crippen LogP contribution in [-0.4, -0.2) is 47.5 Å². The van der Waals surface area contributed by atoms with Crippen molar-refractivity contribution < 1.29 is 0 Å². The lowest BCUT2D eigenvalue weighted by Gasteiger charge is -2.27. The van der Waals surface area contributed by atoms with E-state index in [4.69, 9.17) is 4.99 Å². The van der Waals surface area contributed by atoms with Crippen LogP contribution >= 0.6 is 11.8 Å². The van der Waals surface area contributed by atoms with E-state index >= 15 is 0 Å². The molecule has 1 N–H and O–H groups in total. The second-order valence-electron chi connectivity index (χ2n) is 5.40. The van der Waals surface area contributed by atoms with Crippen LogP contribution in [0.5, 0.6) is 0 Å². The number of aliphatic imine (C=N–C) groups is 1. The standard InChI is InChI=1S/C13H25N3S/c1-4-16-6-5-12(9-16)8-14-13-15-10(2)7-11(3)17-13/h10-12H,4-9H2,1-3H3,(H,14,15). The Hall–Kier alpha value is -0.220. The van der Waals surface area contributed by atoms with E-state index in [2.05, 4.69) is 31.0 Å². The first-order valence-electron chi connectivity index (χ1n) is 6.87. The second kappa shape index (κ2) is 6.10. The maximum atomic E-state index is 4.78. The molecule has 0 radical (unpaired) electrons. The molecule has 2 heterocycles. The van der Waals surface area contributed by atoms with Gasteiger partial charge in [-0.2, -0.15) is 0 Å². The minimum Gasteiger partial charge on any atom is -0.362 e. The molecule has 0 aromatic carbocycles. The summed E-state index contributed by atoms with van der Waals surface area (Å²) in [6, 6.07) is 0.584. The Morgan fingerprint density at radius 3 is 2.94 bits per heavy atom. The first kappa shape index (κ1) is 13.2. The molecule has 0 spiro atoms. The zero-order valence-corrected chi connectivity index (χ0v) is 12.1. The number of hydrogen-bond donors (Lipinski definition) is 1. The summed E-state index contributed by atoms with van der Waals surface area (Å²) in [6.07, 6.45) is 2.57. The van der Waals surface area contributed by atoms with E-state index in [0.717, 1.165) is 12.5 Å². The maximum Gasteiger partial charge on any atom is 0.157 e. The number of nitrogens with one attached hydrogen (secondary N) is 1. The van der Waals surface area contributed by atoms with Crippen molar-refractivity contribution in [2.24, 2.45) is 10.9 Å². The lowest BCUT2D eigenvalue weighted by atomic mass is 10.1. The highest BCUT2D eigenvalue weighted by molar-refractivity contribution is 8.14. The fourth-order valence-electron chi connectivity index (χ4n) is 2.68. The van der Waals surface area contributed by atoms with Crippen LogP contribution in [0.15, 0.2) is 4.99 Å². The molecule has 2 aliphatic heterocycles. The van der Waals surface area contributed by atoms with Crippen molar-refractivity contribution in [3.05, 3.63) is 0 Å². The van der Waals surface area contributed by atoms with Gasteiger partial charge in [0.2, 0.25) is 0 Å². The van der Waals surface area contributed by atoms with Crippen LogP contribution in [0.3, 0.4) is 0 Å². The van der Waals surface area contributed by atoms with Gasteiger partial charge in [0.1, 0.15) is 0 Å². The largest absolute Gasteiger partial charge is 0.362 e. The normalized spacial score (nSPS) is 37.4. The van der Waals surface area contributed by atoms with E-state index in [1.54, 1.807) is 0 Å². The van der Waals surface area contributed by atoms with Gasteiger partial charge in [-0.25, -0.2) is 0 Å². The van der Waals surface area contributed by atoms with Gasteiger partial charge < -0.3 is 10.2 Å². The summed E-state index contributed by atoms with van der Waals surface area (Å²) in [4.78, 5) is 7.30. The van der Waals surface area contributed by atoms with Gasteiger partial charge in [0.15, 0.2) is 5.17 Å². The maximum absolute atomic E-state index is 4.78. The van der Waals surface area contributed by atoms with Crippen molar-refractivity contribution >= 4 is 16.9 Å². The van der Waals surface area contributed by atoms with Crippen molar-refractivity contribution in [3.63, 3.8) is 0 Å². The highest BCUT2D eigenvalue weighted by atomic mass is 32.2. The van der Waals surface area contributed by atoms with E-state index in [-0.39, 0.29) is 0 Å². The van der Waals surface area contributed by atoms with E-state index in [1.807, 2.05) is 11.8 Å². The van der Waals surface area contributed by atoms with Crippen LogP contribution in [0.25, 0.3) is 0 Å². The number of nitrogens with zero attached hydrogens (tertiary/aromatic N) is 2. The third-order valence-electron chi connectivity index (χ3n) is 3.68. The lowest BCUT2D eigenvalue weighted by molar-refractivity contribution is 0.344. The topological polar surface area (TPSA) is 27.6 Å². The van der Waals surface area contributed by atoms with Crippen LogP contribution < -0.4 is 5.32 Å². The summed E-state index contributed by atoms with van der Waals surface area (Å²) in [5, 5.41) is 5.38. The minimum absolute atomic E-state index is 0.584. The smallest absolute Gasteiger partial charge is 0.157 e. The van der Waals surface area contributed by atoms with Crippen molar-refractivity contribution in [2.45, 2.75) is 44.9 Å². The predicted molar refractivity (Wildman–Crippen MR) is 76.8 cm³/mol. The van der Waals surface area contributed by atoms with Gasteiger partial charge in [-0.3, -0.25) is 4.99 Å². The van der Waals surface area contributed by atoms with Gasteiger partial charge in [0.05, 0.1) is 0 Å². The number of likely N-dealkylation sites (tertiary alicyclic amines) is 1. The fraction of sp³-hybridized carbons (Fsp3) is 0.923. The zero-order valence-electron chi connectivity index (χ0n) is 11.3. The number of thioether (sulfide) groups is 1. The van der Waals surface area contributed by atoms with E-state index in [9.17, 15) is 0 Å². The molecule has 0 aliphatic carbocycles. The number of rotatable bonds is 3. The third kappa shape index (κ3) is 3.88. The zero-order chi connectivity index (χ0) is 12.3. The Morgan fingerprint density at radius 1 is 1.47 bits per heavy atom. The Balaban J connectivity index is 1.80. The van der Waals surface area contributed by atoms with Crippen LogP contribution in [-0.2, 0) is 0 Å². The molecular formula is C13H25N3S. The van der Waals surface area contributed by atoms with Crippen molar-refractivity contribution in [2.75, 3.05) is 26.2 Å². The molecule has 3 nitrogen and oxygen atoms in total. The highest BCUT2D eigenvalue weighted by Crippen LogP contribution is 2.23. The molecule has 2 saturated heterocycles. The molecule has 0 aromatic rings. The second-order valence-corrected chi connectivity index (χ2v) is 6.83. The van der Waals surface area contributed by atoms with Crippen LogP contribution in [0.4, 0.5) is 0 Å². The van der Waals surface area contributed by atoms with E-state index in [0.29, 0.717) is 11.3 Å². The minimum atomic E-state index is 0.584. The van der Waals surface area contributed by atoms with Crippen LogP contribution in [0.2, 0.25) is 0 Å². The molecule has 0 aromatic heterocycles. The number of hydrogen-bond acceptors (Lipinski definition) is 3. The molecule has 0 bridgehead atoms. The van der Waals surface area contributed by atoms with Crippen molar-refractivity contribution in [1.29, 1.82) is 0 Å². The lowest BCUT2D eigenvalue weighted by Crippen LogP contribution is -2.38. The third-order valence-corrected chi connectivity index (χ3v) is 4.74. The Bertz CT molecular complexity index is 268. The van der Waals surface area contributed by atoms with Gasteiger partial charge in [0.25, 0.3) is 0 Å². The highest BCUT2D eigenvalue weighted by Gasteiger charge is 2.23. The molecular weight excluding hydrogens is 230 g/mol. The van der Waals surface area contributed by atoms with E-state index in [1.165, 1.54) is 37.6 Å². The summed E-state index contributed by atoms with van der Waals surface area (Å²) in [6.45, 7) is 11.5.